The van der Waals surface area contributed by atoms with Crippen LogP contribution >= 0.6 is 0 Å². The van der Waals surface area contributed by atoms with E-state index < -0.39 is 12.2 Å². The van der Waals surface area contributed by atoms with Crippen molar-refractivity contribution in [2.75, 3.05) is 19.6 Å². The molecule has 2 amide bonds. The van der Waals surface area contributed by atoms with Gasteiger partial charge in [-0.2, -0.15) is 0 Å². The van der Waals surface area contributed by atoms with Gasteiger partial charge in [-0.3, -0.25) is 9.59 Å². The zero-order valence-electron chi connectivity index (χ0n) is 11.6. The van der Waals surface area contributed by atoms with Crippen molar-refractivity contribution in [3.8, 4) is 0 Å². The van der Waals surface area contributed by atoms with Crippen LogP contribution in [0, 0.1) is 5.92 Å². The van der Waals surface area contributed by atoms with Crippen LogP contribution in [0.15, 0.2) is 0 Å². The first-order chi connectivity index (χ1) is 9.56. The molecule has 20 heavy (non-hydrogen) atoms. The number of hydrogen-bond donors (Lipinski definition) is 2. The number of rotatable bonds is 2. The Kier molecular flexibility index (Phi) is 3.69. The van der Waals surface area contributed by atoms with Gasteiger partial charge < -0.3 is 20.0 Å². The number of nitrogens with zero attached hydrogens (tertiary/aromatic N) is 2. The van der Waals surface area contributed by atoms with Crippen molar-refractivity contribution in [1.29, 1.82) is 0 Å². The minimum absolute atomic E-state index is 0.0792. The summed E-state index contributed by atoms with van der Waals surface area (Å²) in [4.78, 5) is 27.8. The van der Waals surface area contributed by atoms with Gasteiger partial charge in [-0.25, -0.2) is 0 Å². The van der Waals surface area contributed by atoms with E-state index >= 15 is 0 Å². The van der Waals surface area contributed by atoms with Crippen LogP contribution in [-0.4, -0.2) is 69.7 Å². The first-order valence-corrected chi connectivity index (χ1v) is 7.50. The number of carbonyl (C=O) groups excluding carboxylic acids is 2. The summed E-state index contributed by atoms with van der Waals surface area (Å²) in [5.74, 6) is -0.328. The Morgan fingerprint density at radius 3 is 2.25 bits per heavy atom. The average Bonchev–Trinajstić information content (AvgIpc) is 3.10. The highest BCUT2D eigenvalue weighted by molar-refractivity contribution is 5.89. The lowest BCUT2D eigenvalue weighted by Crippen LogP contribution is -2.38. The number of β-amino-alcohol motifs (C(OH)–C–C–N with tert-alkyl or cyclic N) is 2. The zero-order chi connectivity index (χ0) is 14.3. The lowest BCUT2D eigenvalue weighted by molar-refractivity contribution is -0.135. The topological polar surface area (TPSA) is 81.1 Å². The first-order valence-electron chi connectivity index (χ1n) is 7.50. The molecule has 0 aromatic rings. The molecule has 0 aromatic heterocycles. The number of amides is 2. The molecular weight excluding hydrogens is 260 g/mol. The van der Waals surface area contributed by atoms with Crippen molar-refractivity contribution >= 4 is 11.8 Å². The Labute approximate surface area is 118 Å². The summed E-state index contributed by atoms with van der Waals surface area (Å²) in [5, 5.41) is 19.0. The number of likely N-dealkylation sites (tertiary alicyclic amines) is 2. The highest BCUT2D eigenvalue weighted by Crippen LogP contribution is 2.30. The van der Waals surface area contributed by atoms with Crippen molar-refractivity contribution in [2.45, 2.75) is 50.4 Å². The van der Waals surface area contributed by atoms with E-state index in [4.69, 9.17) is 0 Å². The third-order valence-corrected chi connectivity index (χ3v) is 4.84. The summed E-state index contributed by atoms with van der Waals surface area (Å²) in [5.41, 5.74) is 0. The molecule has 3 aliphatic rings. The van der Waals surface area contributed by atoms with Gasteiger partial charge in [0.2, 0.25) is 11.8 Å². The molecule has 6 heteroatoms. The van der Waals surface area contributed by atoms with Crippen LogP contribution in [0.25, 0.3) is 0 Å². The summed E-state index contributed by atoms with van der Waals surface area (Å²) in [7, 11) is 0. The monoisotopic (exact) mass is 282 g/mol. The Morgan fingerprint density at radius 1 is 1.05 bits per heavy atom. The van der Waals surface area contributed by atoms with Gasteiger partial charge in [-0.15, -0.1) is 0 Å². The molecule has 0 bridgehead atoms. The molecule has 2 N–H and O–H groups in total. The van der Waals surface area contributed by atoms with E-state index in [0.717, 1.165) is 25.7 Å². The molecule has 2 aliphatic heterocycles. The van der Waals surface area contributed by atoms with Crippen molar-refractivity contribution in [3.63, 3.8) is 0 Å². The molecule has 1 aliphatic carbocycles. The summed E-state index contributed by atoms with van der Waals surface area (Å²) < 4.78 is 0. The fraction of sp³-hybridized carbons (Fsp3) is 0.857. The second-order valence-corrected chi connectivity index (χ2v) is 6.26. The van der Waals surface area contributed by atoms with Gasteiger partial charge in [0.25, 0.3) is 0 Å². The minimum atomic E-state index is -0.859. The van der Waals surface area contributed by atoms with Crippen molar-refractivity contribution in [3.05, 3.63) is 0 Å². The molecule has 2 heterocycles. The molecule has 0 radical (unpaired) electrons. The van der Waals surface area contributed by atoms with Gasteiger partial charge in [0, 0.05) is 32.1 Å². The molecule has 3 atom stereocenters. The molecule has 3 fully saturated rings. The number of aliphatic hydroxyl groups excluding tert-OH is 2. The van der Waals surface area contributed by atoms with Crippen molar-refractivity contribution < 1.29 is 19.8 Å². The molecular formula is C14H22N2O4. The standard InChI is InChI=1S/C14H22N2O4/c17-11-7-15(8-12(11)18)14(20)9-5-13(19)16(6-9)10-3-1-2-4-10/h9-12,17-18H,1-8H2/t9?,11-,12+. The first kappa shape index (κ1) is 13.8. The van der Waals surface area contributed by atoms with Crippen LogP contribution in [0.4, 0.5) is 0 Å². The maximum Gasteiger partial charge on any atom is 0.228 e. The van der Waals surface area contributed by atoms with Gasteiger partial charge in [0.15, 0.2) is 0 Å². The van der Waals surface area contributed by atoms with Gasteiger partial charge >= 0.3 is 0 Å². The molecule has 0 aromatic carbocycles. The fourth-order valence-corrected chi connectivity index (χ4v) is 3.67. The van der Waals surface area contributed by atoms with Gasteiger partial charge in [0.05, 0.1) is 18.1 Å². The summed E-state index contributed by atoms with van der Waals surface area (Å²) in [6, 6.07) is 0.315. The molecule has 2 saturated heterocycles. The lowest BCUT2D eigenvalue weighted by Gasteiger charge is -2.25. The molecule has 0 spiro atoms. The Bertz CT molecular complexity index is 398. The van der Waals surface area contributed by atoms with Crippen LogP contribution < -0.4 is 0 Å². The highest BCUT2D eigenvalue weighted by atomic mass is 16.3. The van der Waals surface area contributed by atoms with E-state index in [-0.39, 0.29) is 37.2 Å². The quantitative estimate of drug-likeness (QED) is 0.704. The van der Waals surface area contributed by atoms with Crippen LogP contribution in [0.1, 0.15) is 32.1 Å². The van der Waals surface area contributed by atoms with Crippen molar-refractivity contribution in [2.24, 2.45) is 5.92 Å². The van der Waals surface area contributed by atoms with E-state index in [0.29, 0.717) is 12.6 Å². The van der Waals surface area contributed by atoms with E-state index in [1.54, 1.807) is 0 Å². The Morgan fingerprint density at radius 2 is 1.65 bits per heavy atom. The maximum absolute atomic E-state index is 12.4. The van der Waals surface area contributed by atoms with Crippen molar-refractivity contribution in [1.82, 2.24) is 9.80 Å². The molecule has 1 saturated carbocycles. The predicted octanol–water partition coefficient (Wildman–Crippen LogP) is -0.658. The molecule has 6 nitrogen and oxygen atoms in total. The SMILES string of the molecule is O=C(C1CC(=O)N(C2CCCC2)C1)N1C[C@@H](O)[C@@H](O)C1. The lowest BCUT2D eigenvalue weighted by atomic mass is 10.1. The minimum Gasteiger partial charge on any atom is -0.388 e. The number of aliphatic hydroxyl groups is 2. The second kappa shape index (κ2) is 5.33. The molecule has 1 unspecified atom stereocenters. The largest absolute Gasteiger partial charge is 0.388 e. The molecule has 3 rings (SSSR count). The fourth-order valence-electron chi connectivity index (χ4n) is 3.67. The average molecular weight is 282 g/mol. The van der Waals surface area contributed by atoms with E-state index in [1.165, 1.54) is 4.90 Å². The van der Waals surface area contributed by atoms with Crippen LogP contribution in [0.5, 0.6) is 0 Å². The van der Waals surface area contributed by atoms with E-state index in [1.807, 2.05) is 4.90 Å². The van der Waals surface area contributed by atoms with Crippen LogP contribution in [0.2, 0.25) is 0 Å². The number of carbonyl (C=O) groups is 2. The normalized spacial score (nSPS) is 35.3. The molecule has 112 valence electrons. The number of hydrogen-bond acceptors (Lipinski definition) is 4. The Hall–Kier alpha value is -1.14. The second-order valence-electron chi connectivity index (χ2n) is 6.26. The third kappa shape index (κ3) is 2.42. The summed E-state index contributed by atoms with van der Waals surface area (Å²) in [6.07, 6.45) is 2.98. The third-order valence-electron chi connectivity index (χ3n) is 4.84. The van der Waals surface area contributed by atoms with Gasteiger partial charge in [0.1, 0.15) is 0 Å². The van der Waals surface area contributed by atoms with Crippen LogP contribution in [-0.2, 0) is 9.59 Å². The Balaban J connectivity index is 1.61. The predicted molar refractivity (Wildman–Crippen MR) is 70.7 cm³/mol. The van der Waals surface area contributed by atoms with E-state index in [9.17, 15) is 19.8 Å². The smallest absolute Gasteiger partial charge is 0.228 e. The summed E-state index contributed by atoms with van der Waals surface area (Å²) >= 11 is 0. The van der Waals surface area contributed by atoms with Gasteiger partial charge in [-0.1, -0.05) is 12.8 Å². The van der Waals surface area contributed by atoms with E-state index in [2.05, 4.69) is 0 Å². The zero-order valence-corrected chi connectivity index (χ0v) is 11.6. The van der Waals surface area contributed by atoms with Gasteiger partial charge in [-0.05, 0) is 12.8 Å². The maximum atomic E-state index is 12.4. The van der Waals surface area contributed by atoms with Crippen LogP contribution in [0.3, 0.4) is 0 Å². The highest BCUT2D eigenvalue weighted by Gasteiger charge is 2.42. The summed E-state index contributed by atoms with van der Waals surface area (Å²) in [6.45, 7) is 0.854.